The Morgan fingerprint density at radius 3 is 1.81 bits per heavy atom. The van der Waals surface area contributed by atoms with Crippen molar-refractivity contribution in [3.05, 3.63) is 89.1 Å². The van der Waals surface area contributed by atoms with Crippen molar-refractivity contribution in [1.29, 1.82) is 0 Å². The van der Waals surface area contributed by atoms with Crippen molar-refractivity contribution in [2.45, 2.75) is 27.3 Å². The summed E-state index contributed by atoms with van der Waals surface area (Å²) in [4.78, 5) is 27.2. The number of nitrogens with zero attached hydrogens (tertiary/aromatic N) is 1. The van der Waals surface area contributed by atoms with Gasteiger partial charge in [-0.3, -0.25) is 0 Å². The van der Waals surface area contributed by atoms with Gasteiger partial charge in [0.15, 0.2) is 5.57 Å². The van der Waals surface area contributed by atoms with Crippen LogP contribution >= 0.6 is 0 Å². The van der Waals surface area contributed by atoms with E-state index in [1.807, 2.05) is 78.7 Å². The zero-order valence-corrected chi connectivity index (χ0v) is 19.1. The fourth-order valence-corrected chi connectivity index (χ4v) is 3.30. The molecule has 0 fully saturated rings. The molecular formula is C26H31NO4. The molecule has 0 saturated heterocycles. The smallest absolute Gasteiger partial charge is 0.347 e. The van der Waals surface area contributed by atoms with Crippen LogP contribution in [-0.4, -0.2) is 38.1 Å². The van der Waals surface area contributed by atoms with Gasteiger partial charge in [0, 0.05) is 13.6 Å². The highest BCUT2D eigenvalue weighted by Gasteiger charge is 2.28. The number of likely N-dealkylation sites (N-methyl/N-ethyl adjacent to an activating group) is 1. The van der Waals surface area contributed by atoms with Crippen LogP contribution in [0.25, 0.3) is 5.57 Å². The van der Waals surface area contributed by atoms with E-state index in [4.69, 9.17) is 9.47 Å². The lowest BCUT2D eigenvalue weighted by molar-refractivity contribution is -0.144. The topological polar surface area (TPSA) is 55.8 Å². The Morgan fingerprint density at radius 1 is 0.871 bits per heavy atom. The highest BCUT2D eigenvalue weighted by Crippen LogP contribution is 2.36. The lowest BCUT2D eigenvalue weighted by Crippen LogP contribution is -2.26. The fraction of sp³-hybridized carbons (Fsp3) is 0.308. The van der Waals surface area contributed by atoms with Crippen LogP contribution in [0.2, 0.25) is 0 Å². The lowest BCUT2D eigenvalue weighted by Gasteiger charge is -2.28. The molecular weight excluding hydrogens is 390 g/mol. The first kappa shape index (κ1) is 23.9. The summed E-state index contributed by atoms with van der Waals surface area (Å²) in [6.45, 7) is 6.78. The molecule has 0 spiro atoms. The summed E-state index contributed by atoms with van der Waals surface area (Å²) in [6, 6.07) is 19.8. The Morgan fingerprint density at radius 2 is 1.35 bits per heavy atom. The molecule has 2 aromatic carbocycles. The van der Waals surface area contributed by atoms with Gasteiger partial charge >= 0.3 is 11.9 Å². The molecule has 0 atom stereocenters. The number of carbonyl (C=O) groups is 2. The van der Waals surface area contributed by atoms with Crippen LogP contribution in [0, 0.1) is 5.41 Å². The van der Waals surface area contributed by atoms with Crippen molar-refractivity contribution in [3.63, 3.8) is 0 Å². The molecule has 31 heavy (non-hydrogen) atoms. The van der Waals surface area contributed by atoms with Crippen molar-refractivity contribution in [2.24, 2.45) is 5.41 Å². The van der Waals surface area contributed by atoms with Crippen LogP contribution in [0.5, 0.6) is 0 Å². The van der Waals surface area contributed by atoms with Crippen molar-refractivity contribution in [2.75, 3.05) is 21.3 Å². The van der Waals surface area contributed by atoms with Crippen molar-refractivity contribution >= 4 is 17.5 Å². The van der Waals surface area contributed by atoms with Gasteiger partial charge in [0.2, 0.25) is 0 Å². The quantitative estimate of drug-likeness (QED) is 0.210. The van der Waals surface area contributed by atoms with E-state index in [-0.39, 0.29) is 11.0 Å². The van der Waals surface area contributed by atoms with Gasteiger partial charge in [-0.1, -0.05) is 81.4 Å². The molecule has 164 valence electrons. The van der Waals surface area contributed by atoms with E-state index in [0.29, 0.717) is 12.2 Å². The molecule has 0 N–H and O–H groups in total. The predicted octanol–water partition coefficient (Wildman–Crippen LogP) is 4.85. The minimum Gasteiger partial charge on any atom is -0.465 e. The summed E-state index contributed by atoms with van der Waals surface area (Å²) in [5.41, 5.74) is 3.08. The number of allylic oxidation sites excluding steroid dienone is 2. The third kappa shape index (κ3) is 6.32. The average molecular weight is 422 g/mol. The van der Waals surface area contributed by atoms with Crippen molar-refractivity contribution in [1.82, 2.24) is 4.90 Å². The molecule has 5 nitrogen and oxygen atoms in total. The third-order valence-corrected chi connectivity index (χ3v) is 4.88. The number of rotatable bonds is 7. The summed E-state index contributed by atoms with van der Waals surface area (Å²) in [5.74, 6) is -1.47. The zero-order chi connectivity index (χ0) is 23.0. The number of esters is 2. The molecule has 2 rings (SSSR count). The van der Waals surface area contributed by atoms with E-state index in [9.17, 15) is 9.59 Å². The number of carbonyl (C=O) groups excluding carboxylic acids is 2. The molecule has 0 aliphatic heterocycles. The maximum Gasteiger partial charge on any atom is 0.347 e. The normalized spacial score (nSPS) is 11.5. The Kier molecular flexibility index (Phi) is 8.20. The summed E-state index contributed by atoms with van der Waals surface area (Å²) >= 11 is 0. The van der Waals surface area contributed by atoms with E-state index < -0.39 is 11.9 Å². The van der Waals surface area contributed by atoms with Gasteiger partial charge in [0.05, 0.1) is 19.9 Å². The van der Waals surface area contributed by atoms with Crippen LogP contribution < -0.4 is 0 Å². The van der Waals surface area contributed by atoms with E-state index in [1.165, 1.54) is 14.2 Å². The van der Waals surface area contributed by atoms with E-state index in [2.05, 4.69) is 20.8 Å². The van der Waals surface area contributed by atoms with Gasteiger partial charge in [-0.05, 0) is 28.2 Å². The maximum atomic E-state index is 12.6. The molecule has 5 heteroatoms. The monoisotopic (exact) mass is 421 g/mol. The summed E-state index contributed by atoms with van der Waals surface area (Å²) in [5, 5.41) is 0. The second-order valence-electron chi connectivity index (χ2n) is 8.26. The fourth-order valence-electron chi connectivity index (χ4n) is 3.30. The van der Waals surface area contributed by atoms with Gasteiger partial charge in [0.1, 0.15) is 0 Å². The van der Waals surface area contributed by atoms with Gasteiger partial charge in [-0.25, -0.2) is 9.59 Å². The maximum absolute atomic E-state index is 12.6. The summed E-state index contributed by atoms with van der Waals surface area (Å²) in [6.07, 6.45) is 1.89. The first-order valence-corrected chi connectivity index (χ1v) is 10.1. The molecule has 0 radical (unpaired) electrons. The molecule has 0 aromatic heterocycles. The summed E-state index contributed by atoms with van der Waals surface area (Å²) < 4.78 is 9.87. The second-order valence-corrected chi connectivity index (χ2v) is 8.26. The zero-order valence-electron chi connectivity index (χ0n) is 19.1. The van der Waals surface area contributed by atoms with Crippen molar-refractivity contribution in [3.8, 4) is 0 Å². The van der Waals surface area contributed by atoms with E-state index in [1.54, 1.807) is 0 Å². The van der Waals surface area contributed by atoms with Gasteiger partial charge < -0.3 is 14.4 Å². The number of hydrogen-bond donors (Lipinski definition) is 0. The molecule has 0 bridgehead atoms. The van der Waals surface area contributed by atoms with Crippen LogP contribution in [0.15, 0.2) is 78.0 Å². The minimum absolute atomic E-state index is 0.138. The Hall–Kier alpha value is -3.34. The van der Waals surface area contributed by atoms with E-state index >= 15 is 0 Å². The van der Waals surface area contributed by atoms with Crippen LogP contribution in [0.1, 0.15) is 31.9 Å². The Labute approximate surface area is 185 Å². The largest absolute Gasteiger partial charge is 0.465 e. The molecule has 0 saturated carbocycles. The van der Waals surface area contributed by atoms with Gasteiger partial charge in [-0.2, -0.15) is 0 Å². The molecule has 0 amide bonds. The number of hydrogen-bond acceptors (Lipinski definition) is 5. The van der Waals surface area contributed by atoms with Crippen LogP contribution in [0.3, 0.4) is 0 Å². The minimum atomic E-state index is -0.737. The highest BCUT2D eigenvalue weighted by molar-refractivity contribution is 6.15. The standard InChI is InChI=1S/C26H31NO4/c1-26(2,3)21(20-15-11-8-12-16-20)17-22(23(24(28)30-5)25(29)31-6)27(4)18-19-13-9-7-10-14-19/h7-17H,18H2,1-6H3/b21-17+. The third-order valence-electron chi connectivity index (χ3n) is 4.88. The number of ether oxygens (including phenoxy) is 2. The Balaban J connectivity index is 2.75. The second kappa shape index (κ2) is 10.6. The number of methoxy groups -OCH3 is 2. The molecule has 0 unspecified atom stereocenters. The predicted molar refractivity (Wildman–Crippen MR) is 123 cm³/mol. The Bertz CT molecular complexity index is 936. The number of benzene rings is 2. The van der Waals surface area contributed by atoms with Gasteiger partial charge in [0.25, 0.3) is 0 Å². The van der Waals surface area contributed by atoms with Gasteiger partial charge in [-0.15, -0.1) is 0 Å². The first-order valence-electron chi connectivity index (χ1n) is 10.1. The molecule has 0 heterocycles. The lowest BCUT2D eigenvalue weighted by atomic mass is 9.81. The van der Waals surface area contributed by atoms with Crippen molar-refractivity contribution < 1.29 is 19.1 Å². The molecule has 0 aliphatic carbocycles. The average Bonchev–Trinajstić information content (AvgIpc) is 2.76. The molecule has 0 aliphatic rings. The SMILES string of the molecule is COC(=O)C(C(=O)OC)=C(/C=C(\c1ccccc1)C(C)(C)C)N(C)Cc1ccccc1. The van der Waals surface area contributed by atoms with E-state index in [0.717, 1.165) is 16.7 Å². The van der Waals surface area contributed by atoms with Crippen LogP contribution in [0.4, 0.5) is 0 Å². The summed E-state index contributed by atoms with van der Waals surface area (Å²) in [7, 11) is 4.35. The highest BCUT2D eigenvalue weighted by atomic mass is 16.5. The first-order chi connectivity index (χ1) is 14.7. The van der Waals surface area contributed by atoms with Crippen LogP contribution in [-0.2, 0) is 25.6 Å². The molecule has 2 aromatic rings.